The normalized spacial score (nSPS) is 14.0. The molecule has 0 rings (SSSR count). The van der Waals surface area contributed by atoms with Gasteiger partial charge in [-0.25, -0.2) is 0 Å². The molecule has 0 heterocycles. The Labute approximate surface area is 145 Å². The van der Waals surface area contributed by atoms with Gasteiger partial charge >= 0.3 is 15.2 Å². The number of rotatable bonds is 11. The molecule has 0 aromatic carbocycles. The molecule has 0 radical (unpaired) electrons. The fourth-order valence-electron chi connectivity index (χ4n) is 1.86. The molecular weight excluding hydrogens is 358 g/mol. The van der Waals surface area contributed by atoms with Crippen LogP contribution in [-0.4, -0.2) is 35.4 Å². The van der Waals surface area contributed by atoms with Gasteiger partial charge in [0.05, 0.1) is 24.4 Å². The molecule has 0 saturated heterocycles. The lowest BCUT2D eigenvalue weighted by Gasteiger charge is -2.34. The summed E-state index contributed by atoms with van der Waals surface area (Å²) in [6.45, 7) is 14.0. The standard InChI is InChI=1S/C14H32O6P2S/c1-10(2)17-21(15,18-11(3)4)14(23-9)22(16,19-12(5)6)20-13(7)8/h10-14H,1-9H3. The van der Waals surface area contributed by atoms with Crippen LogP contribution in [0.5, 0.6) is 0 Å². The van der Waals surface area contributed by atoms with Crippen molar-refractivity contribution >= 4 is 27.0 Å². The highest BCUT2D eigenvalue weighted by atomic mass is 32.2. The van der Waals surface area contributed by atoms with E-state index in [4.69, 9.17) is 18.1 Å². The first-order valence-electron chi connectivity index (χ1n) is 7.82. The average molecular weight is 390 g/mol. The largest absolute Gasteiger partial charge is 0.356 e. The zero-order valence-corrected chi connectivity index (χ0v) is 18.2. The molecule has 0 aliphatic rings. The van der Waals surface area contributed by atoms with Crippen molar-refractivity contribution in [2.24, 2.45) is 0 Å². The van der Waals surface area contributed by atoms with Gasteiger partial charge in [-0.15, -0.1) is 11.8 Å². The van der Waals surface area contributed by atoms with E-state index in [1.165, 1.54) is 0 Å². The van der Waals surface area contributed by atoms with Crippen molar-refractivity contribution in [2.45, 2.75) is 84.5 Å². The molecule has 9 heteroatoms. The van der Waals surface area contributed by atoms with Gasteiger partial charge in [0.2, 0.25) is 4.73 Å². The third-order valence-corrected chi connectivity index (χ3v) is 11.1. The molecule has 0 aliphatic heterocycles. The summed E-state index contributed by atoms with van der Waals surface area (Å²) >= 11 is 1.13. The van der Waals surface area contributed by atoms with Gasteiger partial charge < -0.3 is 18.1 Å². The van der Waals surface area contributed by atoms with Gasteiger partial charge in [-0.2, -0.15) is 0 Å². The van der Waals surface area contributed by atoms with Crippen LogP contribution in [0.3, 0.4) is 0 Å². The summed E-state index contributed by atoms with van der Waals surface area (Å²) in [6.07, 6.45) is 0.313. The van der Waals surface area contributed by atoms with Crippen molar-refractivity contribution in [2.75, 3.05) is 6.26 Å². The van der Waals surface area contributed by atoms with Gasteiger partial charge in [0.1, 0.15) is 0 Å². The summed E-state index contributed by atoms with van der Waals surface area (Å²) in [5.41, 5.74) is 0. The smallest absolute Gasteiger partial charge is 0.305 e. The predicted molar refractivity (Wildman–Crippen MR) is 97.4 cm³/mol. The summed E-state index contributed by atoms with van der Waals surface area (Å²) in [7, 11) is -7.45. The van der Waals surface area contributed by atoms with E-state index in [0.717, 1.165) is 11.8 Å². The minimum absolute atomic E-state index is 0.346. The molecule has 0 N–H and O–H groups in total. The van der Waals surface area contributed by atoms with Gasteiger partial charge in [-0.05, 0) is 61.6 Å². The fourth-order valence-corrected chi connectivity index (χ4v) is 9.43. The first kappa shape index (κ1) is 23.6. The van der Waals surface area contributed by atoms with Crippen molar-refractivity contribution in [1.82, 2.24) is 0 Å². The second-order valence-electron chi connectivity index (χ2n) is 6.26. The highest BCUT2D eigenvalue weighted by Crippen LogP contribution is 2.74. The third-order valence-electron chi connectivity index (χ3n) is 2.18. The first-order valence-corrected chi connectivity index (χ1v) is 12.3. The molecule has 0 aliphatic carbocycles. The number of hydrogen-bond donors (Lipinski definition) is 0. The molecule has 140 valence electrons. The summed E-state index contributed by atoms with van der Waals surface area (Å²) in [4.78, 5) is 0. The topological polar surface area (TPSA) is 71.1 Å². The molecule has 6 nitrogen and oxygen atoms in total. The Hall–Kier alpha value is 0.650. The molecule has 0 atom stereocenters. The van der Waals surface area contributed by atoms with Crippen molar-refractivity contribution < 1.29 is 27.2 Å². The predicted octanol–water partition coefficient (Wildman–Crippen LogP) is 5.72. The van der Waals surface area contributed by atoms with Crippen LogP contribution in [0.15, 0.2) is 0 Å². The second-order valence-corrected chi connectivity index (χ2v) is 12.3. The molecular formula is C14H32O6P2S. The molecule has 0 spiro atoms. The van der Waals surface area contributed by atoms with Crippen LogP contribution in [-0.2, 0) is 27.2 Å². The summed E-state index contributed by atoms with van der Waals surface area (Å²) in [6, 6.07) is 0. The number of hydrogen-bond acceptors (Lipinski definition) is 7. The van der Waals surface area contributed by atoms with Crippen LogP contribution in [0.2, 0.25) is 0 Å². The highest BCUT2D eigenvalue weighted by Gasteiger charge is 2.52. The maximum absolute atomic E-state index is 13.4. The lowest BCUT2D eigenvalue weighted by atomic mass is 10.5. The van der Waals surface area contributed by atoms with E-state index in [1.54, 1.807) is 61.6 Å². The lowest BCUT2D eigenvalue weighted by molar-refractivity contribution is 0.129. The zero-order chi connectivity index (χ0) is 18.4. The lowest BCUT2D eigenvalue weighted by Crippen LogP contribution is -2.21. The molecule has 0 aromatic rings. The van der Waals surface area contributed by atoms with Crippen LogP contribution in [0.25, 0.3) is 0 Å². The maximum atomic E-state index is 13.4. The highest BCUT2D eigenvalue weighted by molar-refractivity contribution is 8.12. The van der Waals surface area contributed by atoms with Crippen molar-refractivity contribution in [3.63, 3.8) is 0 Å². The van der Waals surface area contributed by atoms with E-state index in [0.29, 0.717) is 0 Å². The molecule has 0 unspecified atom stereocenters. The Balaban J connectivity index is 5.88. The Morgan fingerprint density at radius 3 is 0.957 bits per heavy atom. The minimum Gasteiger partial charge on any atom is -0.305 e. The van der Waals surface area contributed by atoms with Crippen LogP contribution < -0.4 is 0 Å². The summed E-state index contributed by atoms with van der Waals surface area (Å²) in [5, 5.41) is 0. The van der Waals surface area contributed by atoms with Gasteiger partial charge in [-0.1, -0.05) is 0 Å². The van der Waals surface area contributed by atoms with Gasteiger partial charge in [-0.3, -0.25) is 9.13 Å². The summed E-state index contributed by atoms with van der Waals surface area (Å²) < 4.78 is 48.1. The van der Waals surface area contributed by atoms with Crippen LogP contribution in [0.1, 0.15) is 55.4 Å². The zero-order valence-electron chi connectivity index (χ0n) is 15.6. The Kier molecular flexibility index (Phi) is 10.2. The third kappa shape index (κ3) is 8.04. The van der Waals surface area contributed by atoms with E-state index >= 15 is 0 Å². The van der Waals surface area contributed by atoms with Gasteiger partial charge in [0, 0.05) is 0 Å². The Bertz CT molecular complexity index is 373. The Morgan fingerprint density at radius 1 is 0.609 bits per heavy atom. The number of thioether (sulfide) groups is 1. The molecule has 0 saturated carbocycles. The second kappa shape index (κ2) is 9.96. The molecule has 0 aromatic heterocycles. The van der Waals surface area contributed by atoms with Gasteiger partial charge in [0.15, 0.2) is 0 Å². The van der Waals surface area contributed by atoms with E-state index in [1.807, 2.05) is 0 Å². The summed E-state index contributed by atoms with van der Waals surface area (Å²) in [5.74, 6) is 0. The Morgan fingerprint density at radius 2 is 0.826 bits per heavy atom. The first-order chi connectivity index (χ1) is 10.4. The maximum Gasteiger partial charge on any atom is 0.356 e. The van der Waals surface area contributed by atoms with Crippen molar-refractivity contribution in [3.05, 3.63) is 0 Å². The van der Waals surface area contributed by atoms with Crippen molar-refractivity contribution in [1.29, 1.82) is 0 Å². The van der Waals surface area contributed by atoms with E-state index in [9.17, 15) is 9.13 Å². The van der Waals surface area contributed by atoms with Crippen LogP contribution in [0.4, 0.5) is 0 Å². The van der Waals surface area contributed by atoms with E-state index in [2.05, 4.69) is 0 Å². The molecule has 23 heavy (non-hydrogen) atoms. The monoisotopic (exact) mass is 390 g/mol. The molecule has 0 amide bonds. The average Bonchev–Trinajstić information content (AvgIpc) is 2.22. The van der Waals surface area contributed by atoms with Crippen LogP contribution >= 0.6 is 27.0 Å². The van der Waals surface area contributed by atoms with Crippen LogP contribution in [0, 0.1) is 0 Å². The van der Waals surface area contributed by atoms with E-state index < -0.39 is 19.9 Å². The van der Waals surface area contributed by atoms with E-state index in [-0.39, 0.29) is 24.4 Å². The molecule has 0 bridgehead atoms. The minimum atomic E-state index is -3.73. The quantitative estimate of drug-likeness (QED) is 0.418. The van der Waals surface area contributed by atoms with Gasteiger partial charge in [0.25, 0.3) is 0 Å². The van der Waals surface area contributed by atoms with Crippen molar-refractivity contribution in [3.8, 4) is 0 Å². The SMILES string of the molecule is CSC(P(=O)(OC(C)C)OC(C)C)P(=O)(OC(C)C)OC(C)C. The fraction of sp³-hybridized carbons (Fsp3) is 1.00. The molecule has 0 fully saturated rings.